The van der Waals surface area contributed by atoms with Gasteiger partial charge in [-0.15, -0.1) is 0 Å². The molecular weight excluding hydrogens is 433 g/mol. The van der Waals surface area contributed by atoms with Crippen molar-refractivity contribution in [2.24, 2.45) is 5.92 Å². The minimum absolute atomic E-state index is 0.223. The van der Waals surface area contributed by atoms with Crippen molar-refractivity contribution < 1.29 is 9.18 Å². The molecule has 0 unspecified atom stereocenters. The summed E-state index contributed by atoms with van der Waals surface area (Å²) in [6.45, 7) is 10.1. The van der Waals surface area contributed by atoms with E-state index >= 15 is 0 Å². The highest BCUT2D eigenvalue weighted by Crippen LogP contribution is 2.29. The zero-order valence-corrected chi connectivity index (χ0v) is 19.7. The van der Waals surface area contributed by atoms with Gasteiger partial charge < -0.3 is 19.9 Å². The summed E-state index contributed by atoms with van der Waals surface area (Å²) in [5, 5.41) is 6.46. The molecule has 1 amide bonds. The van der Waals surface area contributed by atoms with Crippen LogP contribution in [0.5, 0.6) is 0 Å². The Labute approximate surface area is 197 Å². The molecule has 1 aliphatic rings. The number of benzene rings is 1. The molecule has 5 rings (SSSR count). The zero-order chi connectivity index (χ0) is 24.0. The van der Waals surface area contributed by atoms with Gasteiger partial charge in [0.25, 0.3) is 5.91 Å². The number of imidazole rings is 1. The number of rotatable bonds is 4. The van der Waals surface area contributed by atoms with Crippen molar-refractivity contribution in [2.45, 2.75) is 39.8 Å². The number of hydrogen-bond acceptors (Lipinski definition) is 6. The molecule has 4 heterocycles. The lowest BCUT2D eigenvalue weighted by atomic mass is 9.98. The second-order valence-corrected chi connectivity index (χ2v) is 9.35. The lowest BCUT2D eigenvalue weighted by Gasteiger charge is -2.41. The van der Waals surface area contributed by atoms with Crippen LogP contribution in [0.3, 0.4) is 0 Å². The van der Waals surface area contributed by atoms with E-state index < -0.39 is 5.82 Å². The van der Waals surface area contributed by atoms with Crippen molar-refractivity contribution >= 4 is 34.0 Å². The molecule has 3 aromatic heterocycles. The summed E-state index contributed by atoms with van der Waals surface area (Å²) < 4.78 is 16.0. The molecule has 8 nitrogen and oxygen atoms in total. The maximum atomic E-state index is 14.5. The molecule has 2 atom stereocenters. The van der Waals surface area contributed by atoms with Crippen LogP contribution in [0, 0.1) is 18.7 Å². The molecule has 2 N–H and O–H groups in total. The predicted molar refractivity (Wildman–Crippen MR) is 131 cm³/mol. The number of nitrogens with zero attached hydrogens (tertiary/aromatic N) is 5. The lowest BCUT2D eigenvalue weighted by molar-refractivity contribution is 0.102. The third kappa shape index (κ3) is 4.07. The van der Waals surface area contributed by atoms with Gasteiger partial charge in [-0.3, -0.25) is 14.8 Å². The van der Waals surface area contributed by atoms with Gasteiger partial charge in [-0.25, -0.2) is 9.37 Å². The first-order chi connectivity index (χ1) is 16.3. The smallest absolute Gasteiger partial charge is 0.257 e. The van der Waals surface area contributed by atoms with E-state index in [1.165, 1.54) is 6.07 Å². The molecule has 0 saturated carbocycles. The molecule has 0 bridgehead atoms. The number of fused-ring (bicyclic) bond motifs is 2. The highest BCUT2D eigenvalue weighted by Gasteiger charge is 2.28. The SMILES string of the molecule is Cc1cn2cc(NC(=O)c3ccc(N4C[C@@H](C(C)C)N[C@@H](C)C4)c4nccnc34)cc(F)c2n1. The first kappa shape index (κ1) is 22.2. The number of halogens is 1. The van der Waals surface area contributed by atoms with Gasteiger partial charge in [0, 0.05) is 56.0 Å². The number of amides is 1. The first-order valence-corrected chi connectivity index (χ1v) is 11.5. The van der Waals surface area contributed by atoms with E-state index in [9.17, 15) is 9.18 Å². The fourth-order valence-electron chi connectivity index (χ4n) is 4.64. The summed E-state index contributed by atoms with van der Waals surface area (Å²) in [7, 11) is 0. The Morgan fingerprint density at radius 2 is 1.94 bits per heavy atom. The zero-order valence-electron chi connectivity index (χ0n) is 19.7. The van der Waals surface area contributed by atoms with Crippen LogP contribution in [0.25, 0.3) is 16.7 Å². The van der Waals surface area contributed by atoms with Gasteiger partial charge in [-0.1, -0.05) is 13.8 Å². The Morgan fingerprint density at radius 1 is 1.18 bits per heavy atom. The molecule has 9 heteroatoms. The molecule has 1 saturated heterocycles. The summed E-state index contributed by atoms with van der Waals surface area (Å²) in [5.74, 6) is -0.385. The summed E-state index contributed by atoms with van der Waals surface area (Å²) in [4.78, 5) is 28.8. The van der Waals surface area contributed by atoms with Gasteiger partial charge in [-0.05, 0) is 31.9 Å². The number of aromatic nitrogens is 4. The Balaban J connectivity index is 1.49. The summed E-state index contributed by atoms with van der Waals surface area (Å²) in [6, 6.07) is 5.66. The average Bonchev–Trinajstić information content (AvgIpc) is 3.18. The second kappa shape index (κ2) is 8.64. The maximum absolute atomic E-state index is 14.5. The quantitative estimate of drug-likeness (QED) is 0.481. The van der Waals surface area contributed by atoms with E-state index in [0.29, 0.717) is 46.0 Å². The lowest BCUT2D eigenvalue weighted by Crippen LogP contribution is -2.57. The van der Waals surface area contributed by atoms with Crippen LogP contribution in [0.2, 0.25) is 0 Å². The average molecular weight is 462 g/mol. The molecule has 0 radical (unpaired) electrons. The van der Waals surface area contributed by atoms with Crippen LogP contribution in [0.1, 0.15) is 36.8 Å². The number of carbonyl (C=O) groups is 1. The Bertz CT molecular complexity index is 1380. The number of carbonyl (C=O) groups excluding carboxylic acids is 1. The molecule has 4 aromatic rings. The molecule has 1 fully saturated rings. The Morgan fingerprint density at radius 3 is 2.71 bits per heavy atom. The fourth-order valence-corrected chi connectivity index (χ4v) is 4.64. The van der Waals surface area contributed by atoms with Gasteiger partial charge in [-0.2, -0.15) is 0 Å². The van der Waals surface area contributed by atoms with Gasteiger partial charge in [0.1, 0.15) is 11.0 Å². The molecule has 0 spiro atoms. The van der Waals surface area contributed by atoms with Gasteiger partial charge in [0.2, 0.25) is 0 Å². The first-order valence-electron chi connectivity index (χ1n) is 11.5. The van der Waals surface area contributed by atoms with Crippen molar-refractivity contribution in [3.05, 3.63) is 60.1 Å². The molecular formula is C25H28FN7O. The fraction of sp³-hybridized carbons (Fsp3) is 0.360. The van der Waals surface area contributed by atoms with E-state index in [1.54, 1.807) is 42.2 Å². The number of anilines is 2. The third-order valence-corrected chi connectivity index (χ3v) is 6.29. The number of pyridine rings is 1. The number of aryl methyl sites for hydroxylation is 1. The largest absolute Gasteiger partial charge is 0.367 e. The van der Waals surface area contributed by atoms with E-state index in [1.807, 2.05) is 6.07 Å². The minimum Gasteiger partial charge on any atom is -0.367 e. The maximum Gasteiger partial charge on any atom is 0.257 e. The van der Waals surface area contributed by atoms with Gasteiger partial charge >= 0.3 is 0 Å². The topological polar surface area (TPSA) is 87.5 Å². The van der Waals surface area contributed by atoms with E-state index in [-0.39, 0.29) is 11.6 Å². The monoisotopic (exact) mass is 461 g/mol. The van der Waals surface area contributed by atoms with Crippen LogP contribution in [0.15, 0.2) is 43.0 Å². The second-order valence-electron chi connectivity index (χ2n) is 9.35. The highest BCUT2D eigenvalue weighted by molar-refractivity contribution is 6.13. The summed E-state index contributed by atoms with van der Waals surface area (Å²) >= 11 is 0. The van der Waals surface area contributed by atoms with Crippen molar-refractivity contribution in [1.82, 2.24) is 24.7 Å². The van der Waals surface area contributed by atoms with Gasteiger partial charge in [0.15, 0.2) is 11.5 Å². The molecule has 176 valence electrons. The molecule has 34 heavy (non-hydrogen) atoms. The third-order valence-electron chi connectivity index (χ3n) is 6.29. The minimum atomic E-state index is -0.501. The molecule has 1 aromatic carbocycles. The number of hydrogen-bond donors (Lipinski definition) is 2. The van der Waals surface area contributed by atoms with E-state index in [2.05, 4.69) is 51.3 Å². The van der Waals surface area contributed by atoms with E-state index in [0.717, 1.165) is 18.8 Å². The summed E-state index contributed by atoms with van der Waals surface area (Å²) in [6.07, 6.45) is 6.58. The van der Waals surface area contributed by atoms with Crippen molar-refractivity contribution in [1.29, 1.82) is 0 Å². The number of piperazine rings is 1. The number of nitrogens with one attached hydrogen (secondary N) is 2. The summed E-state index contributed by atoms with van der Waals surface area (Å²) in [5.41, 5.74) is 3.80. The van der Waals surface area contributed by atoms with Crippen LogP contribution in [-0.4, -0.2) is 50.4 Å². The van der Waals surface area contributed by atoms with Crippen LogP contribution < -0.4 is 15.5 Å². The van der Waals surface area contributed by atoms with Crippen LogP contribution in [0.4, 0.5) is 15.8 Å². The Hall–Kier alpha value is -3.59. The molecule has 1 aliphatic heterocycles. The van der Waals surface area contributed by atoms with Gasteiger partial charge in [0.05, 0.1) is 22.6 Å². The van der Waals surface area contributed by atoms with Crippen molar-refractivity contribution in [3.8, 4) is 0 Å². The van der Waals surface area contributed by atoms with Crippen molar-refractivity contribution in [2.75, 3.05) is 23.3 Å². The van der Waals surface area contributed by atoms with Crippen LogP contribution in [-0.2, 0) is 0 Å². The highest BCUT2D eigenvalue weighted by atomic mass is 19.1. The molecule has 0 aliphatic carbocycles. The normalized spacial score (nSPS) is 18.7. The van der Waals surface area contributed by atoms with Crippen LogP contribution >= 0.6 is 0 Å². The van der Waals surface area contributed by atoms with E-state index in [4.69, 9.17) is 0 Å². The predicted octanol–water partition coefficient (Wildman–Crippen LogP) is 3.80. The van der Waals surface area contributed by atoms with Crippen molar-refractivity contribution in [3.63, 3.8) is 0 Å². The Kier molecular flexibility index (Phi) is 5.65. The standard InChI is InChI=1S/C25H28FN7O/c1-14(2)20-13-32(10-15(3)29-20)21-6-5-18(22-23(21)28-8-7-27-22)25(34)31-17-9-19(26)24-30-16(4)11-33(24)12-17/h5-9,11-12,14-15,20,29H,10,13H2,1-4H3,(H,31,34)/t15-,20-/m0/s1.